The maximum absolute atomic E-state index is 10.7. The van der Waals surface area contributed by atoms with Crippen LogP contribution in [-0.2, 0) is 13.1 Å². The summed E-state index contributed by atoms with van der Waals surface area (Å²) in [5, 5.41) is 21.6. The zero-order valence-corrected chi connectivity index (χ0v) is 16.2. The van der Waals surface area contributed by atoms with Gasteiger partial charge in [0.05, 0.1) is 18.7 Å². The fourth-order valence-electron chi connectivity index (χ4n) is 3.58. The Hall–Kier alpha value is -2.34. The van der Waals surface area contributed by atoms with Gasteiger partial charge >= 0.3 is 0 Å². The van der Waals surface area contributed by atoms with Gasteiger partial charge in [-0.1, -0.05) is 43.5 Å². The Kier molecular flexibility index (Phi) is 6.87. The van der Waals surface area contributed by atoms with Crippen molar-refractivity contribution in [3.05, 3.63) is 53.9 Å². The first-order valence-electron chi connectivity index (χ1n) is 9.97. The van der Waals surface area contributed by atoms with Gasteiger partial charge in [-0.25, -0.2) is 4.99 Å². The molecule has 1 aromatic carbocycles. The standard InChI is InChI=1S/C21H31N5O/c1-2-22-20(24-17-21(27)11-6-3-7-12-21)23-15-18-9-4-5-10-19(18)16-26-14-8-13-25-26/h4-5,8-10,13-14,27H,2-3,6-7,11-12,15-17H2,1H3,(H2,22,23,24). The number of hydrogen-bond acceptors (Lipinski definition) is 3. The smallest absolute Gasteiger partial charge is 0.191 e. The summed E-state index contributed by atoms with van der Waals surface area (Å²) >= 11 is 0. The molecule has 3 N–H and O–H groups in total. The number of aliphatic imine (C=N–C) groups is 1. The molecule has 2 aromatic rings. The van der Waals surface area contributed by atoms with E-state index >= 15 is 0 Å². The van der Waals surface area contributed by atoms with E-state index in [1.165, 1.54) is 17.5 Å². The van der Waals surface area contributed by atoms with Gasteiger partial charge in [-0.15, -0.1) is 0 Å². The van der Waals surface area contributed by atoms with Crippen molar-refractivity contribution in [1.29, 1.82) is 0 Å². The Labute approximate surface area is 161 Å². The second-order valence-electron chi connectivity index (χ2n) is 7.31. The van der Waals surface area contributed by atoms with Gasteiger partial charge in [-0.2, -0.15) is 5.10 Å². The first-order chi connectivity index (χ1) is 13.2. The lowest BCUT2D eigenvalue weighted by atomic mass is 9.85. The fraction of sp³-hybridized carbons (Fsp3) is 0.524. The summed E-state index contributed by atoms with van der Waals surface area (Å²) in [6.07, 6.45) is 8.93. The minimum Gasteiger partial charge on any atom is -0.388 e. The van der Waals surface area contributed by atoms with Crippen LogP contribution >= 0.6 is 0 Å². The molecule has 27 heavy (non-hydrogen) atoms. The van der Waals surface area contributed by atoms with Gasteiger partial charge in [-0.3, -0.25) is 4.68 Å². The van der Waals surface area contributed by atoms with Crippen LogP contribution in [0.1, 0.15) is 50.2 Å². The predicted octanol–water partition coefficient (Wildman–Crippen LogP) is 2.68. The van der Waals surface area contributed by atoms with Crippen molar-refractivity contribution in [3.8, 4) is 0 Å². The van der Waals surface area contributed by atoms with Crippen LogP contribution in [0.3, 0.4) is 0 Å². The maximum Gasteiger partial charge on any atom is 0.191 e. The molecule has 0 atom stereocenters. The zero-order chi connectivity index (χ0) is 19.0. The molecule has 1 aliphatic rings. The molecule has 0 spiro atoms. The van der Waals surface area contributed by atoms with Crippen LogP contribution in [0.2, 0.25) is 0 Å². The number of guanidine groups is 1. The summed E-state index contributed by atoms with van der Waals surface area (Å²) in [5.74, 6) is 0.755. The van der Waals surface area contributed by atoms with Gasteiger partial charge in [0.1, 0.15) is 0 Å². The highest BCUT2D eigenvalue weighted by molar-refractivity contribution is 5.79. The van der Waals surface area contributed by atoms with Gasteiger partial charge in [-0.05, 0) is 37.0 Å². The van der Waals surface area contributed by atoms with E-state index in [0.717, 1.165) is 44.7 Å². The first kappa shape index (κ1) is 19.4. The van der Waals surface area contributed by atoms with Gasteiger partial charge < -0.3 is 15.7 Å². The molecule has 3 rings (SSSR count). The normalized spacial score (nSPS) is 16.9. The van der Waals surface area contributed by atoms with Crippen molar-refractivity contribution < 1.29 is 5.11 Å². The number of aromatic nitrogens is 2. The second kappa shape index (κ2) is 9.55. The minimum absolute atomic E-state index is 0.549. The van der Waals surface area contributed by atoms with Crippen molar-refractivity contribution in [2.45, 2.75) is 57.7 Å². The Balaban J connectivity index is 1.64. The topological polar surface area (TPSA) is 74.5 Å². The Bertz CT molecular complexity index is 720. The molecule has 146 valence electrons. The van der Waals surface area contributed by atoms with E-state index in [0.29, 0.717) is 13.1 Å². The molecule has 0 saturated heterocycles. The van der Waals surface area contributed by atoms with Crippen molar-refractivity contribution in [2.24, 2.45) is 4.99 Å². The number of nitrogens with one attached hydrogen (secondary N) is 2. The van der Waals surface area contributed by atoms with Crippen LogP contribution in [0.25, 0.3) is 0 Å². The molecule has 0 amide bonds. The van der Waals surface area contributed by atoms with E-state index < -0.39 is 5.60 Å². The molecular formula is C21H31N5O. The number of aliphatic hydroxyl groups is 1. The summed E-state index contributed by atoms with van der Waals surface area (Å²) in [4.78, 5) is 4.74. The van der Waals surface area contributed by atoms with E-state index in [4.69, 9.17) is 4.99 Å². The summed E-state index contributed by atoms with van der Waals surface area (Å²) in [6.45, 7) is 4.72. The predicted molar refractivity (Wildman–Crippen MR) is 109 cm³/mol. The monoisotopic (exact) mass is 369 g/mol. The molecule has 1 saturated carbocycles. The van der Waals surface area contributed by atoms with E-state index in [9.17, 15) is 5.11 Å². The number of benzene rings is 1. The summed E-state index contributed by atoms with van der Waals surface area (Å²) in [6, 6.07) is 10.3. The van der Waals surface area contributed by atoms with Gasteiger partial charge in [0.15, 0.2) is 5.96 Å². The Morgan fingerprint density at radius 3 is 2.63 bits per heavy atom. The third kappa shape index (κ3) is 5.82. The Morgan fingerprint density at radius 1 is 1.15 bits per heavy atom. The van der Waals surface area contributed by atoms with Crippen molar-refractivity contribution in [2.75, 3.05) is 13.1 Å². The molecule has 0 unspecified atom stereocenters. The van der Waals surface area contributed by atoms with Crippen LogP contribution in [-0.4, -0.2) is 39.5 Å². The second-order valence-corrected chi connectivity index (χ2v) is 7.31. The lowest BCUT2D eigenvalue weighted by Gasteiger charge is -2.32. The maximum atomic E-state index is 10.7. The highest BCUT2D eigenvalue weighted by Crippen LogP contribution is 2.27. The van der Waals surface area contributed by atoms with Gasteiger partial charge in [0, 0.05) is 25.5 Å². The van der Waals surface area contributed by atoms with Crippen molar-refractivity contribution in [3.63, 3.8) is 0 Å². The Morgan fingerprint density at radius 2 is 1.93 bits per heavy atom. The average Bonchev–Trinajstić information content (AvgIpc) is 3.19. The first-order valence-corrected chi connectivity index (χ1v) is 9.97. The largest absolute Gasteiger partial charge is 0.388 e. The van der Waals surface area contributed by atoms with E-state index in [1.807, 2.05) is 29.1 Å². The summed E-state index contributed by atoms with van der Waals surface area (Å²) in [5.41, 5.74) is 1.79. The van der Waals surface area contributed by atoms with Crippen molar-refractivity contribution in [1.82, 2.24) is 20.4 Å². The van der Waals surface area contributed by atoms with Crippen LogP contribution in [0, 0.1) is 0 Å². The van der Waals surface area contributed by atoms with Crippen LogP contribution in [0.5, 0.6) is 0 Å². The molecule has 1 aromatic heterocycles. The molecule has 0 aliphatic heterocycles. The molecule has 0 bridgehead atoms. The lowest BCUT2D eigenvalue weighted by Crippen LogP contribution is -2.48. The van der Waals surface area contributed by atoms with E-state index in [-0.39, 0.29) is 0 Å². The number of nitrogens with zero attached hydrogens (tertiary/aromatic N) is 3. The quantitative estimate of drug-likeness (QED) is 0.518. The van der Waals surface area contributed by atoms with Crippen molar-refractivity contribution >= 4 is 5.96 Å². The molecular weight excluding hydrogens is 338 g/mol. The molecule has 1 fully saturated rings. The van der Waals surface area contributed by atoms with Crippen LogP contribution < -0.4 is 10.6 Å². The fourth-order valence-corrected chi connectivity index (χ4v) is 3.58. The third-order valence-corrected chi connectivity index (χ3v) is 5.13. The molecule has 0 radical (unpaired) electrons. The molecule has 6 heteroatoms. The third-order valence-electron chi connectivity index (χ3n) is 5.13. The van der Waals surface area contributed by atoms with Crippen LogP contribution in [0.4, 0.5) is 0 Å². The van der Waals surface area contributed by atoms with E-state index in [1.54, 1.807) is 6.20 Å². The SMILES string of the molecule is CCNC(=NCc1ccccc1Cn1cccn1)NCC1(O)CCCCC1. The molecule has 1 heterocycles. The minimum atomic E-state index is -0.605. The lowest BCUT2D eigenvalue weighted by molar-refractivity contribution is 0.00859. The summed E-state index contributed by atoms with van der Waals surface area (Å²) < 4.78 is 1.92. The zero-order valence-electron chi connectivity index (χ0n) is 16.2. The average molecular weight is 370 g/mol. The van der Waals surface area contributed by atoms with Gasteiger partial charge in [0.2, 0.25) is 0 Å². The number of hydrogen-bond donors (Lipinski definition) is 3. The number of rotatable bonds is 7. The summed E-state index contributed by atoms with van der Waals surface area (Å²) in [7, 11) is 0. The van der Waals surface area contributed by atoms with Crippen LogP contribution in [0.15, 0.2) is 47.7 Å². The van der Waals surface area contributed by atoms with Gasteiger partial charge in [0.25, 0.3) is 0 Å². The molecule has 1 aliphatic carbocycles. The van der Waals surface area contributed by atoms with E-state index in [2.05, 4.69) is 34.8 Å². The highest BCUT2D eigenvalue weighted by atomic mass is 16.3. The highest BCUT2D eigenvalue weighted by Gasteiger charge is 2.29. The molecule has 6 nitrogen and oxygen atoms in total.